The normalized spacial score (nSPS) is 19.7. The van der Waals surface area contributed by atoms with Crippen LogP contribution in [0.3, 0.4) is 0 Å². The highest BCUT2D eigenvalue weighted by atomic mass is 16.5. The van der Waals surface area contributed by atoms with Gasteiger partial charge in [0.25, 0.3) is 0 Å². The quantitative estimate of drug-likeness (QED) is 0.799. The molecule has 0 spiro atoms. The summed E-state index contributed by atoms with van der Waals surface area (Å²) in [5.74, 6) is 1.16. The molecule has 0 aromatic heterocycles. The Morgan fingerprint density at radius 1 is 1.47 bits per heavy atom. The second-order valence-corrected chi connectivity index (χ2v) is 4.27. The van der Waals surface area contributed by atoms with Crippen molar-refractivity contribution in [3.63, 3.8) is 0 Å². The van der Waals surface area contributed by atoms with Crippen molar-refractivity contribution in [2.75, 3.05) is 13.2 Å². The summed E-state index contributed by atoms with van der Waals surface area (Å²) in [6.07, 6.45) is 3.33. The second-order valence-electron chi connectivity index (χ2n) is 4.27. The average molecular weight is 234 g/mol. The number of hydrogen-bond acceptors (Lipinski definition) is 3. The van der Waals surface area contributed by atoms with Gasteiger partial charge in [-0.05, 0) is 25.5 Å². The van der Waals surface area contributed by atoms with E-state index in [1.54, 1.807) is 12.1 Å². The Labute approximate surface area is 102 Å². The Balaban J connectivity index is 2.44. The topological polar surface area (TPSA) is 38.7 Å². The summed E-state index contributed by atoms with van der Waals surface area (Å²) in [7, 11) is 0. The van der Waals surface area contributed by atoms with E-state index in [0.29, 0.717) is 25.4 Å². The van der Waals surface area contributed by atoms with Crippen molar-refractivity contribution in [3.8, 4) is 11.5 Å². The maximum atomic E-state index is 9.90. The highest BCUT2D eigenvalue weighted by Crippen LogP contribution is 2.32. The molecule has 0 saturated carbocycles. The molecule has 1 heterocycles. The minimum Gasteiger partial charge on any atom is -0.508 e. The summed E-state index contributed by atoms with van der Waals surface area (Å²) in [4.78, 5) is 0. The molecule has 1 aliphatic heterocycles. The van der Waals surface area contributed by atoms with Gasteiger partial charge in [0.1, 0.15) is 18.1 Å². The molecule has 3 nitrogen and oxygen atoms in total. The third kappa shape index (κ3) is 2.61. The molecule has 92 valence electrons. The molecule has 0 amide bonds. The van der Waals surface area contributed by atoms with E-state index in [4.69, 9.17) is 9.47 Å². The molecular formula is C14H18O3. The zero-order valence-corrected chi connectivity index (χ0v) is 10.1. The summed E-state index contributed by atoms with van der Waals surface area (Å²) in [6, 6.07) is 3.51. The molecule has 1 aliphatic rings. The van der Waals surface area contributed by atoms with Crippen LogP contribution in [0.25, 0.3) is 0 Å². The van der Waals surface area contributed by atoms with Gasteiger partial charge in [0, 0.05) is 17.5 Å². The van der Waals surface area contributed by atoms with E-state index in [-0.39, 0.29) is 6.10 Å². The third-order valence-corrected chi connectivity index (χ3v) is 2.95. The van der Waals surface area contributed by atoms with E-state index >= 15 is 0 Å². The monoisotopic (exact) mass is 234 g/mol. The van der Waals surface area contributed by atoms with Gasteiger partial charge < -0.3 is 14.6 Å². The standard InChI is InChI=1S/C14H18O3/c1-3-4-11-12-9-10(2)16-7-8-17-14(12)6-5-13(11)15/h3,5-6,10,15H,1,4,7-9H2,2H3. The summed E-state index contributed by atoms with van der Waals surface area (Å²) in [6.45, 7) is 6.92. The van der Waals surface area contributed by atoms with E-state index in [1.165, 1.54) is 0 Å². The molecule has 0 bridgehead atoms. The molecule has 2 rings (SSSR count). The van der Waals surface area contributed by atoms with Crippen LogP contribution in [0.4, 0.5) is 0 Å². The first-order chi connectivity index (χ1) is 8.22. The van der Waals surface area contributed by atoms with Crippen LogP contribution in [-0.4, -0.2) is 24.4 Å². The maximum absolute atomic E-state index is 9.90. The van der Waals surface area contributed by atoms with Crippen LogP contribution < -0.4 is 4.74 Å². The van der Waals surface area contributed by atoms with Gasteiger partial charge >= 0.3 is 0 Å². The van der Waals surface area contributed by atoms with Gasteiger partial charge in [-0.2, -0.15) is 0 Å². The van der Waals surface area contributed by atoms with Crippen molar-refractivity contribution in [2.45, 2.75) is 25.9 Å². The average Bonchev–Trinajstić information content (AvgIpc) is 2.28. The highest BCUT2D eigenvalue weighted by Gasteiger charge is 2.18. The van der Waals surface area contributed by atoms with Crippen LogP contribution >= 0.6 is 0 Å². The Kier molecular flexibility index (Phi) is 3.69. The van der Waals surface area contributed by atoms with Crippen LogP contribution in [0.1, 0.15) is 18.1 Å². The molecule has 0 radical (unpaired) electrons. The summed E-state index contributed by atoms with van der Waals surface area (Å²) >= 11 is 0. The zero-order chi connectivity index (χ0) is 12.3. The number of aromatic hydroxyl groups is 1. The number of ether oxygens (including phenoxy) is 2. The smallest absolute Gasteiger partial charge is 0.123 e. The van der Waals surface area contributed by atoms with E-state index in [2.05, 4.69) is 6.58 Å². The third-order valence-electron chi connectivity index (χ3n) is 2.95. The summed E-state index contributed by atoms with van der Waals surface area (Å²) in [5, 5.41) is 9.90. The Morgan fingerprint density at radius 2 is 2.29 bits per heavy atom. The van der Waals surface area contributed by atoms with Crippen molar-refractivity contribution >= 4 is 0 Å². The number of rotatable bonds is 2. The first-order valence-corrected chi connectivity index (χ1v) is 5.91. The van der Waals surface area contributed by atoms with E-state index in [9.17, 15) is 5.11 Å². The van der Waals surface area contributed by atoms with Crippen LogP contribution in [0, 0.1) is 0 Å². The lowest BCUT2D eigenvalue weighted by atomic mass is 9.97. The predicted molar refractivity (Wildman–Crippen MR) is 66.6 cm³/mol. The fraction of sp³-hybridized carbons (Fsp3) is 0.429. The predicted octanol–water partition coefficient (Wildman–Crippen LogP) is 2.46. The number of fused-ring (bicyclic) bond motifs is 1. The van der Waals surface area contributed by atoms with Crippen LogP contribution in [-0.2, 0) is 17.6 Å². The second kappa shape index (κ2) is 5.23. The van der Waals surface area contributed by atoms with Crippen LogP contribution in [0.2, 0.25) is 0 Å². The molecule has 1 unspecified atom stereocenters. The van der Waals surface area contributed by atoms with E-state index < -0.39 is 0 Å². The first kappa shape index (κ1) is 12.0. The van der Waals surface area contributed by atoms with Crippen LogP contribution in [0.5, 0.6) is 11.5 Å². The molecular weight excluding hydrogens is 216 g/mol. The lowest BCUT2D eigenvalue weighted by Gasteiger charge is -2.23. The first-order valence-electron chi connectivity index (χ1n) is 5.91. The van der Waals surface area contributed by atoms with Gasteiger partial charge in [-0.15, -0.1) is 6.58 Å². The van der Waals surface area contributed by atoms with Crippen molar-refractivity contribution in [1.82, 2.24) is 0 Å². The minimum atomic E-state index is 0.142. The SMILES string of the molecule is C=CCc1c(O)ccc2c1CC(C)OCCO2. The number of phenolic OH excluding ortho intramolecular Hbond substituents is 1. The molecule has 1 N–H and O–H groups in total. The van der Waals surface area contributed by atoms with Gasteiger partial charge in [0.2, 0.25) is 0 Å². The molecule has 1 aromatic carbocycles. The molecule has 17 heavy (non-hydrogen) atoms. The molecule has 1 aromatic rings. The van der Waals surface area contributed by atoms with Gasteiger partial charge in [-0.1, -0.05) is 6.08 Å². The number of phenols is 1. The van der Waals surface area contributed by atoms with Crippen molar-refractivity contribution in [3.05, 3.63) is 35.9 Å². The maximum Gasteiger partial charge on any atom is 0.123 e. The summed E-state index contributed by atoms with van der Waals surface area (Å²) < 4.78 is 11.2. The van der Waals surface area contributed by atoms with E-state index in [0.717, 1.165) is 23.3 Å². The van der Waals surface area contributed by atoms with Gasteiger partial charge in [0.15, 0.2) is 0 Å². The lowest BCUT2D eigenvalue weighted by molar-refractivity contribution is 0.0368. The number of allylic oxidation sites excluding steroid dienone is 1. The van der Waals surface area contributed by atoms with Crippen molar-refractivity contribution in [1.29, 1.82) is 0 Å². The van der Waals surface area contributed by atoms with E-state index in [1.807, 2.05) is 13.0 Å². The number of benzene rings is 1. The highest BCUT2D eigenvalue weighted by molar-refractivity contribution is 5.49. The van der Waals surface area contributed by atoms with Gasteiger partial charge in [0.05, 0.1) is 12.7 Å². The Bertz CT molecular complexity index is 412. The fourth-order valence-corrected chi connectivity index (χ4v) is 2.14. The minimum absolute atomic E-state index is 0.142. The van der Waals surface area contributed by atoms with Crippen molar-refractivity contribution in [2.24, 2.45) is 0 Å². The van der Waals surface area contributed by atoms with Gasteiger partial charge in [-0.3, -0.25) is 0 Å². The fourth-order valence-electron chi connectivity index (χ4n) is 2.14. The number of hydrogen-bond donors (Lipinski definition) is 1. The zero-order valence-electron chi connectivity index (χ0n) is 10.1. The van der Waals surface area contributed by atoms with Crippen LogP contribution in [0.15, 0.2) is 24.8 Å². The lowest BCUT2D eigenvalue weighted by Crippen LogP contribution is -2.21. The molecule has 0 saturated heterocycles. The largest absolute Gasteiger partial charge is 0.508 e. The molecule has 0 aliphatic carbocycles. The molecule has 1 atom stereocenters. The van der Waals surface area contributed by atoms with Gasteiger partial charge in [-0.25, -0.2) is 0 Å². The Morgan fingerprint density at radius 3 is 3.06 bits per heavy atom. The van der Waals surface area contributed by atoms with Crippen molar-refractivity contribution < 1.29 is 14.6 Å². The molecule has 0 fully saturated rings. The summed E-state index contributed by atoms with van der Waals surface area (Å²) in [5.41, 5.74) is 1.94. The Hall–Kier alpha value is -1.48. The molecule has 3 heteroatoms.